The third-order valence-electron chi connectivity index (χ3n) is 3.38. The monoisotopic (exact) mass is 282 g/mol. The summed E-state index contributed by atoms with van der Waals surface area (Å²) in [4.78, 5) is 14.1. The first-order chi connectivity index (χ1) is 10.2. The van der Waals surface area contributed by atoms with Crippen LogP contribution in [0.5, 0.6) is 0 Å². The molecular weight excluding hydrogens is 260 g/mol. The first kappa shape index (κ1) is 15.3. The van der Waals surface area contributed by atoms with Gasteiger partial charge in [0.15, 0.2) is 0 Å². The maximum atomic E-state index is 12.1. The Morgan fingerprint density at radius 1 is 1.05 bits per heavy atom. The van der Waals surface area contributed by atoms with Crippen LogP contribution in [0.2, 0.25) is 0 Å². The number of hydrogen-bond acceptors (Lipinski definition) is 2. The van der Waals surface area contributed by atoms with Crippen LogP contribution in [0.3, 0.4) is 0 Å². The Morgan fingerprint density at radius 3 is 2.43 bits per heavy atom. The average Bonchev–Trinajstić information content (AvgIpc) is 2.48. The van der Waals surface area contributed by atoms with E-state index in [1.165, 1.54) is 5.56 Å². The molecular formula is C18H22N2O. The van der Waals surface area contributed by atoms with E-state index in [9.17, 15) is 4.79 Å². The van der Waals surface area contributed by atoms with E-state index in [2.05, 4.69) is 24.4 Å². The Labute approximate surface area is 126 Å². The summed E-state index contributed by atoms with van der Waals surface area (Å²) in [7, 11) is 1.96. The largest absolute Gasteiger partial charge is 0.325 e. The van der Waals surface area contributed by atoms with Gasteiger partial charge in [0, 0.05) is 12.2 Å². The summed E-state index contributed by atoms with van der Waals surface area (Å²) in [5.74, 6) is 0.0225. The maximum Gasteiger partial charge on any atom is 0.238 e. The van der Waals surface area contributed by atoms with Crippen molar-refractivity contribution in [1.82, 2.24) is 4.90 Å². The summed E-state index contributed by atoms with van der Waals surface area (Å²) in [6.45, 7) is 3.24. The van der Waals surface area contributed by atoms with Gasteiger partial charge in [0.05, 0.1) is 6.54 Å². The zero-order chi connectivity index (χ0) is 15.1. The predicted octanol–water partition coefficient (Wildman–Crippen LogP) is 3.32. The summed E-state index contributed by atoms with van der Waals surface area (Å²) < 4.78 is 0. The van der Waals surface area contributed by atoms with Crippen molar-refractivity contribution in [3.63, 3.8) is 0 Å². The van der Waals surface area contributed by atoms with Crippen LogP contribution in [0.4, 0.5) is 5.69 Å². The highest BCUT2D eigenvalue weighted by Crippen LogP contribution is 2.15. The second-order valence-electron chi connectivity index (χ2n) is 5.22. The molecule has 0 aliphatic rings. The van der Waals surface area contributed by atoms with Crippen molar-refractivity contribution in [2.75, 3.05) is 18.9 Å². The molecule has 3 nitrogen and oxygen atoms in total. The van der Waals surface area contributed by atoms with Crippen LogP contribution in [0.1, 0.15) is 18.1 Å². The zero-order valence-corrected chi connectivity index (χ0v) is 12.7. The Kier molecular flexibility index (Phi) is 5.52. The topological polar surface area (TPSA) is 32.3 Å². The molecule has 110 valence electrons. The fourth-order valence-electron chi connectivity index (χ4n) is 2.34. The molecule has 2 aromatic rings. The van der Waals surface area contributed by atoms with Gasteiger partial charge < -0.3 is 5.32 Å². The van der Waals surface area contributed by atoms with E-state index in [0.717, 1.165) is 24.2 Å². The van der Waals surface area contributed by atoms with Crippen LogP contribution >= 0.6 is 0 Å². The van der Waals surface area contributed by atoms with Crippen LogP contribution in [0.15, 0.2) is 54.6 Å². The van der Waals surface area contributed by atoms with E-state index in [1.54, 1.807) is 0 Å². The van der Waals surface area contributed by atoms with Crippen molar-refractivity contribution in [2.24, 2.45) is 0 Å². The molecule has 1 amide bonds. The number of likely N-dealkylation sites (N-methyl/N-ethyl adjacent to an activating group) is 1. The SMILES string of the molecule is CCc1ccccc1NC(=O)CN(C)Cc1ccccc1. The highest BCUT2D eigenvalue weighted by Gasteiger charge is 2.09. The minimum atomic E-state index is 0.0225. The molecule has 0 fully saturated rings. The Bertz CT molecular complexity index is 581. The van der Waals surface area contributed by atoms with Crippen LogP contribution in [-0.4, -0.2) is 24.4 Å². The quantitative estimate of drug-likeness (QED) is 0.881. The van der Waals surface area contributed by atoms with Gasteiger partial charge in [0.25, 0.3) is 0 Å². The van der Waals surface area contributed by atoms with Gasteiger partial charge in [-0.2, -0.15) is 0 Å². The molecule has 0 saturated heterocycles. The summed E-state index contributed by atoms with van der Waals surface area (Å²) in [5.41, 5.74) is 3.29. The number of carbonyl (C=O) groups is 1. The van der Waals surface area contributed by atoms with Crippen LogP contribution in [0.25, 0.3) is 0 Å². The molecule has 1 N–H and O–H groups in total. The van der Waals surface area contributed by atoms with E-state index in [1.807, 2.05) is 54.4 Å². The first-order valence-corrected chi connectivity index (χ1v) is 7.29. The van der Waals surface area contributed by atoms with Gasteiger partial charge in [-0.15, -0.1) is 0 Å². The van der Waals surface area contributed by atoms with Crippen molar-refractivity contribution >= 4 is 11.6 Å². The van der Waals surface area contributed by atoms with Gasteiger partial charge in [-0.1, -0.05) is 55.5 Å². The molecule has 0 spiro atoms. The Morgan fingerprint density at radius 2 is 1.71 bits per heavy atom. The second-order valence-corrected chi connectivity index (χ2v) is 5.22. The molecule has 0 heterocycles. The molecule has 0 bridgehead atoms. The van der Waals surface area contributed by atoms with Gasteiger partial charge >= 0.3 is 0 Å². The maximum absolute atomic E-state index is 12.1. The fraction of sp³-hybridized carbons (Fsp3) is 0.278. The van der Waals surface area contributed by atoms with Crippen LogP contribution < -0.4 is 5.32 Å². The minimum Gasteiger partial charge on any atom is -0.325 e. The van der Waals surface area contributed by atoms with E-state index in [4.69, 9.17) is 0 Å². The first-order valence-electron chi connectivity index (χ1n) is 7.29. The molecule has 0 unspecified atom stereocenters. The number of benzene rings is 2. The lowest BCUT2D eigenvalue weighted by Gasteiger charge is -2.17. The summed E-state index contributed by atoms with van der Waals surface area (Å²) in [6.07, 6.45) is 0.913. The number of nitrogens with zero attached hydrogens (tertiary/aromatic N) is 1. The van der Waals surface area contributed by atoms with E-state index in [-0.39, 0.29) is 5.91 Å². The van der Waals surface area contributed by atoms with Crippen molar-refractivity contribution in [3.8, 4) is 0 Å². The molecule has 3 heteroatoms. The highest BCUT2D eigenvalue weighted by molar-refractivity contribution is 5.92. The van der Waals surface area contributed by atoms with Crippen LogP contribution in [-0.2, 0) is 17.8 Å². The smallest absolute Gasteiger partial charge is 0.238 e. The van der Waals surface area contributed by atoms with Gasteiger partial charge in [-0.3, -0.25) is 9.69 Å². The minimum absolute atomic E-state index is 0.0225. The standard InChI is InChI=1S/C18H22N2O/c1-3-16-11-7-8-12-17(16)19-18(21)14-20(2)13-15-9-5-4-6-10-15/h4-12H,3,13-14H2,1-2H3,(H,19,21). The molecule has 2 rings (SSSR count). The van der Waals surface area contributed by atoms with Crippen molar-refractivity contribution < 1.29 is 4.79 Å². The Balaban J connectivity index is 1.89. The second kappa shape index (κ2) is 7.60. The molecule has 0 aromatic heterocycles. The molecule has 2 aromatic carbocycles. The number of anilines is 1. The van der Waals surface area contributed by atoms with Gasteiger partial charge in [-0.25, -0.2) is 0 Å². The van der Waals surface area contributed by atoms with Gasteiger partial charge in [0.2, 0.25) is 5.91 Å². The van der Waals surface area contributed by atoms with Crippen LogP contribution in [0, 0.1) is 0 Å². The van der Waals surface area contributed by atoms with Crippen molar-refractivity contribution in [2.45, 2.75) is 19.9 Å². The summed E-state index contributed by atoms with van der Waals surface area (Å²) in [6, 6.07) is 18.1. The lowest BCUT2D eigenvalue weighted by atomic mass is 10.1. The number of aryl methyl sites for hydroxylation is 1. The Hall–Kier alpha value is -2.13. The highest BCUT2D eigenvalue weighted by atomic mass is 16.2. The number of carbonyl (C=O) groups excluding carboxylic acids is 1. The van der Waals surface area contributed by atoms with Gasteiger partial charge in [0.1, 0.15) is 0 Å². The normalized spacial score (nSPS) is 10.6. The summed E-state index contributed by atoms with van der Waals surface area (Å²) >= 11 is 0. The number of para-hydroxylation sites is 1. The third-order valence-corrected chi connectivity index (χ3v) is 3.38. The number of rotatable bonds is 6. The number of hydrogen-bond donors (Lipinski definition) is 1. The average molecular weight is 282 g/mol. The summed E-state index contributed by atoms with van der Waals surface area (Å²) in [5, 5.41) is 3.00. The molecule has 0 aliphatic carbocycles. The van der Waals surface area contributed by atoms with E-state index < -0.39 is 0 Å². The number of nitrogens with one attached hydrogen (secondary N) is 1. The molecule has 0 saturated carbocycles. The van der Waals surface area contributed by atoms with E-state index >= 15 is 0 Å². The van der Waals surface area contributed by atoms with Gasteiger partial charge in [-0.05, 0) is 30.7 Å². The molecule has 21 heavy (non-hydrogen) atoms. The van der Waals surface area contributed by atoms with E-state index in [0.29, 0.717) is 6.54 Å². The fourth-order valence-corrected chi connectivity index (χ4v) is 2.34. The lowest BCUT2D eigenvalue weighted by molar-refractivity contribution is -0.117. The van der Waals surface area contributed by atoms with Crippen molar-refractivity contribution in [3.05, 3.63) is 65.7 Å². The number of amides is 1. The lowest BCUT2D eigenvalue weighted by Crippen LogP contribution is -2.30. The molecule has 0 radical (unpaired) electrons. The molecule has 0 aliphatic heterocycles. The third kappa shape index (κ3) is 4.72. The molecule has 0 atom stereocenters. The zero-order valence-electron chi connectivity index (χ0n) is 12.7. The van der Waals surface area contributed by atoms with Crippen molar-refractivity contribution in [1.29, 1.82) is 0 Å². The predicted molar refractivity (Wildman–Crippen MR) is 87.2 cm³/mol.